The van der Waals surface area contributed by atoms with E-state index in [9.17, 15) is 22.8 Å². The van der Waals surface area contributed by atoms with Gasteiger partial charge in [0.05, 0.1) is 5.56 Å². The van der Waals surface area contributed by atoms with Crippen molar-refractivity contribution in [2.24, 2.45) is 0 Å². The van der Waals surface area contributed by atoms with E-state index >= 15 is 0 Å². The van der Waals surface area contributed by atoms with Crippen molar-refractivity contribution in [3.63, 3.8) is 0 Å². The Hall–Kier alpha value is -4.68. The third kappa shape index (κ3) is 4.89. The van der Waals surface area contributed by atoms with Crippen molar-refractivity contribution in [3.8, 4) is 11.1 Å². The number of rotatable bonds is 5. The van der Waals surface area contributed by atoms with Gasteiger partial charge in [-0.1, -0.05) is 18.2 Å². The molecule has 36 heavy (non-hydrogen) atoms. The van der Waals surface area contributed by atoms with Crippen molar-refractivity contribution in [1.29, 1.82) is 0 Å². The number of amides is 3. The standard InChI is InChI=1S/C23H21F3N8O2/c1-3-33(2)21(35)15-11-34-19(20(27)28-12-29-34)18(15)13-7-9-14(10-8-13)30-22(36)32-17-6-4-5-16(31-17)23(24,25)26/h4-12H,3H2,1-2H3,(H2,27,28,29)(H2,30,31,32,36). The molecule has 0 aliphatic carbocycles. The number of benzene rings is 1. The van der Waals surface area contributed by atoms with Gasteiger partial charge in [0.25, 0.3) is 5.91 Å². The first-order chi connectivity index (χ1) is 17.1. The first-order valence-electron chi connectivity index (χ1n) is 10.7. The Bertz CT molecular complexity index is 1430. The van der Waals surface area contributed by atoms with Crippen molar-refractivity contribution in [2.75, 3.05) is 30.0 Å². The van der Waals surface area contributed by atoms with Gasteiger partial charge in [-0.15, -0.1) is 0 Å². The summed E-state index contributed by atoms with van der Waals surface area (Å²) in [5, 5.41) is 8.95. The largest absolute Gasteiger partial charge is 0.433 e. The minimum absolute atomic E-state index is 0.188. The topological polar surface area (TPSA) is 131 Å². The lowest BCUT2D eigenvalue weighted by molar-refractivity contribution is -0.141. The summed E-state index contributed by atoms with van der Waals surface area (Å²) < 4.78 is 40.0. The number of urea groups is 1. The van der Waals surface area contributed by atoms with Crippen LogP contribution in [0, 0.1) is 0 Å². The highest BCUT2D eigenvalue weighted by atomic mass is 19.4. The number of carbonyl (C=O) groups excluding carboxylic acids is 2. The fraction of sp³-hybridized carbons (Fsp3) is 0.174. The van der Waals surface area contributed by atoms with E-state index in [-0.39, 0.29) is 17.5 Å². The van der Waals surface area contributed by atoms with Crippen molar-refractivity contribution in [1.82, 2.24) is 24.5 Å². The van der Waals surface area contributed by atoms with E-state index in [1.165, 1.54) is 16.9 Å². The predicted octanol–water partition coefficient (Wildman–Crippen LogP) is 4.13. The average Bonchev–Trinajstić information content (AvgIpc) is 3.24. The second-order valence-corrected chi connectivity index (χ2v) is 7.74. The minimum atomic E-state index is -4.63. The van der Waals surface area contributed by atoms with Crippen LogP contribution in [-0.4, -0.2) is 50.0 Å². The number of anilines is 3. The monoisotopic (exact) mass is 498 g/mol. The molecule has 4 aromatic rings. The zero-order valence-electron chi connectivity index (χ0n) is 19.2. The molecule has 3 amide bonds. The zero-order chi connectivity index (χ0) is 26.0. The van der Waals surface area contributed by atoms with Crippen LogP contribution < -0.4 is 16.4 Å². The van der Waals surface area contributed by atoms with E-state index in [0.29, 0.717) is 34.4 Å². The second-order valence-electron chi connectivity index (χ2n) is 7.74. The van der Waals surface area contributed by atoms with E-state index < -0.39 is 17.9 Å². The van der Waals surface area contributed by atoms with Crippen LogP contribution in [0.4, 0.5) is 35.3 Å². The average molecular weight is 498 g/mol. The zero-order valence-corrected chi connectivity index (χ0v) is 19.2. The molecule has 0 bridgehead atoms. The summed E-state index contributed by atoms with van der Waals surface area (Å²) in [6.45, 7) is 2.34. The molecule has 186 valence electrons. The molecule has 10 nitrogen and oxygen atoms in total. The number of alkyl halides is 3. The number of fused-ring (bicyclic) bond motifs is 1. The number of pyridine rings is 1. The molecule has 4 N–H and O–H groups in total. The van der Waals surface area contributed by atoms with Crippen LogP contribution in [0.15, 0.2) is 55.0 Å². The maximum absolute atomic E-state index is 13.0. The lowest BCUT2D eigenvalue weighted by Gasteiger charge is -2.15. The molecule has 3 aromatic heterocycles. The summed E-state index contributed by atoms with van der Waals surface area (Å²) in [6.07, 6.45) is -1.76. The van der Waals surface area contributed by atoms with Gasteiger partial charge in [0.15, 0.2) is 5.82 Å². The van der Waals surface area contributed by atoms with E-state index in [1.807, 2.05) is 6.92 Å². The first-order valence-corrected chi connectivity index (χ1v) is 10.7. The van der Waals surface area contributed by atoms with Crippen molar-refractivity contribution < 1.29 is 22.8 Å². The minimum Gasteiger partial charge on any atom is -0.382 e. The molecule has 0 fully saturated rings. The number of nitrogen functional groups attached to an aromatic ring is 1. The summed E-state index contributed by atoms with van der Waals surface area (Å²) in [6, 6.07) is 8.92. The smallest absolute Gasteiger partial charge is 0.382 e. The Balaban J connectivity index is 1.59. The fourth-order valence-corrected chi connectivity index (χ4v) is 3.50. The molecule has 0 aliphatic rings. The molecule has 0 aliphatic heterocycles. The van der Waals surface area contributed by atoms with Gasteiger partial charge in [-0.05, 0) is 36.8 Å². The summed E-state index contributed by atoms with van der Waals surface area (Å²) in [5.74, 6) is -0.293. The number of carbonyl (C=O) groups is 2. The molecular formula is C23H21F3N8O2. The summed E-state index contributed by atoms with van der Waals surface area (Å²) in [5.41, 5.74) is 7.31. The van der Waals surface area contributed by atoms with Crippen molar-refractivity contribution in [2.45, 2.75) is 13.1 Å². The Morgan fingerprint density at radius 2 is 1.83 bits per heavy atom. The van der Waals surface area contributed by atoms with Crippen LogP contribution in [0.25, 0.3) is 16.6 Å². The maximum Gasteiger partial charge on any atom is 0.433 e. The Labute approximate surface area is 202 Å². The number of hydrogen-bond acceptors (Lipinski definition) is 6. The predicted molar refractivity (Wildman–Crippen MR) is 127 cm³/mol. The first kappa shape index (κ1) is 24.4. The van der Waals surface area contributed by atoms with E-state index in [4.69, 9.17) is 5.73 Å². The van der Waals surface area contributed by atoms with Crippen LogP contribution in [0.1, 0.15) is 23.0 Å². The molecule has 4 rings (SSSR count). The van der Waals surface area contributed by atoms with Gasteiger partial charge in [0, 0.05) is 31.0 Å². The van der Waals surface area contributed by atoms with Crippen LogP contribution in [0.2, 0.25) is 0 Å². The molecular weight excluding hydrogens is 477 g/mol. The number of halogens is 3. The van der Waals surface area contributed by atoms with Crippen LogP contribution in [-0.2, 0) is 6.18 Å². The third-order valence-corrected chi connectivity index (χ3v) is 5.37. The molecule has 13 heteroatoms. The lowest BCUT2D eigenvalue weighted by Crippen LogP contribution is -2.26. The van der Waals surface area contributed by atoms with Gasteiger partial charge in [-0.2, -0.15) is 18.3 Å². The maximum atomic E-state index is 13.0. The fourth-order valence-electron chi connectivity index (χ4n) is 3.50. The quantitative estimate of drug-likeness (QED) is 0.379. The summed E-state index contributed by atoms with van der Waals surface area (Å²) in [4.78, 5) is 34.3. The van der Waals surface area contributed by atoms with Crippen LogP contribution in [0.5, 0.6) is 0 Å². The Morgan fingerprint density at radius 1 is 1.11 bits per heavy atom. The van der Waals surface area contributed by atoms with Gasteiger partial charge in [-0.25, -0.2) is 19.3 Å². The number of aromatic nitrogens is 4. The van der Waals surface area contributed by atoms with E-state index in [2.05, 4.69) is 25.7 Å². The molecule has 3 heterocycles. The molecule has 1 aromatic carbocycles. The number of nitrogens with one attached hydrogen (secondary N) is 2. The SMILES string of the molecule is CCN(C)C(=O)c1cn2ncnc(N)c2c1-c1ccc(NC(=O)Nc2cccc(C(F)(F)F)n2)cc1. The molecule has 0 radical (unpaired) electrons. The van der Waals surface area contributed by atoms with Gasteiger partial charge in [0.1, 0.15) is 23.4 Å². The van der Waals surface area contributed by atoms with Crippen molar-refractivity contribution in [3.05, 3.63) is 66.2 Å². The van der Waals surface area contributed by atoms with E-state index in [0.717, 1.165) is 12.1 Å². The molecule has 0 unspecified atom stereocenters. The second kappa shape index (κ2) is 9.52. The number of hydrogen-bond donors (Lipinski definition) is 3. The molecule has 0 atom stereocenters. The highest BCUT2D eigenvalue weighted by Gasteiger charge is 2.32. The lowest BCUT2D eigenvalue weighted by atomic mass is 10.0. The van der Waals surface area contributed by atoms with Gasteiger partial charge in [-0.3, -0.25) is 10.1 Å². The molecule has 0 saturated carbocycles. The van der Waals surface area contributed by atoms with Crippen LogP contribution in [0.3, 0.4) is 0 Å². The number of nitrogens with two attached hydrogens (primary N) is 1. The summed E-state index contributed by atoms with van der Waals surface area (Å²) in [7, 11) is 1.67. The number of nitrogens with zero attached hydrogens (tertiary/aromatic N) is 5. The summed E-state index contributed by atoms with van der Waals surface area (Å²) >= 11 is 0. The van der Waals surface area contributed by atoms with Crippen molar-refractivity contribution >= 4 is 34.8 Å². The highest BCUT2D eigenvalue weighted by Crippen LogP contribution is 2.34. The van der Waals surface area contributed by atoms with Gasteiger partial charge >= 0.3 is 12.2 Å². The van der Waals surface area contributed by atoms with Gasteiger partial charge < -0.3 is 16.0 Å². The molecule has 0 spiro atoms. The van der Waals surface area contributed by atoms with Gasteiger partial charge in [0.2, 0.25) is 0 Å². The normalized spacial score (nSPS) is 11.4. The molecule has 0 saturated heterocycles. The third-order valence-electron chi connectivity index (χ3n) is 5.37. The highest BCUT2D eigenvalue weighted by molar-refractivity contribution is 6.07. The Morgan fingerprint density at radius 3 is 2.50 bits per heavy atom. The Kier molecular flexibility index (Phi) is 6.47. The van der Waals surface area contributed by atoms with Crippen LogP contribution >= 0.6 is 0 Å². The van der Waals surface area contributed by atoms with E-state index in [1.54, 1.807) is 42.4 Å².